The van der Waals surface area contributed by atoms with Gasteiger partial charge in [-0.25, -0.2) is 0 Å². The predicted molar refractivity (Wildman–Crippen MR) is 71.2 cm³/mol. The van der Waals surface area contributed by atoms with Crippen molar-refractivity contribution < 1.29 is 4.74 Å². The molecule has 0 aliphatic heterocycles. The van der Waals surface area contributed by atoms with Gasteiger partial charge in [-0.2, -0.15) is 0 Å². The SMILES string of the molecule is C=CC(c1ccccc1)c1ccccc1OC#N. The van der Waals surface area contributed by atoms with Gasteiger partial charge in [-0.1, -0.05) is 54.6 Å². The maximum atomic E-state index is 8.67. The molecule has 2 heteroatoms. The first-order valence-electron chi connectivity index (χ1n) is 5.69. The number of hydrogen-bond donors (Lipinski definition) is 0. The molecule has 0 aliphatic rings. The zero-order chi connectivity index (χ0) is 12.8. The molecule has 0 heterocycles. The van der Waals surface area contributed by atoms with Crippen LogP contribution in [0.25, 0.3) is 0 Å². The molecule has 0 N–H and O–H groups in total. The Labute approximate surface area is 107 Å². The average Bonchev–Trinajstić information content (AvgIpc) is 2.43. The van der Waals surface area contributed by atoms with Crippen molar-refractivity contribution in [2.45, 2.75) is 5.92 Å². The van der Waals surface area contributed by atoms with E-state index in [0.717, 1.165) is 11.1 Å². The number of allylic oxidation sites excluding steroid dienone is 1. The van der Waals surface area contributed by atoms with Gasteiger partial charge in [0.1, 0.15) is 5.75 Å². The molecule has 2 aromatic carbocycles. The molecule has 0 aromatic heterocycles. The summed E-state index contributed by atoms with van der Waals surface area (Å²) in [6.07, 6.45) is 3.58. The van der Waals surface area contributed by atoms with Crippen LogP contribution in [0.15, 0.2) is 67.3 Å². The lowest BCUT2D eigenvalue weighted by molar-refractivity contribution is 0.499. The van der Waals surface area contributed by atoms with E-state index in [1.54, 1.807) is 12.3 Å². The molecule has 0 radical (unpaired) electrons. The Bertz CT molecular complexity index is 569. The monoisotopic (exact) mass is 235 g/mol. The lowest BCUT2D eigenvalue weighted by Crippen LogP contribution is -2.00. The molecule has 1 unspecified atom stereocenters. The summed E-state index contributed by atoms with van der Waals surface area (Å²) in [7, 11) is 0. The summed E-state index contributed by atoms with van der Waals surface area (Å²) in [6.45, 7) is 3.88. The van der Waals surface area contributed by atoms with Gasteiger partial charge in [0.2, 0.25) is 0 Å². The van der Waals surface area contributed by atoms with Crippen LogP contribution in [0.2, 0.25) is 0 Å². The van der Waals surface area contributed by atoms with Gasteiger partial charge < -0.3 is 4.74 Å². The molecule has 0 spiro atoms. The van der Waals surface area contributed by atoms with Gasteiger partial charge >= 0.3 is 0 Å². The second-order valence-corrected chi connectivity index (χ2v) is 3.86. The Hall–Kier alpha value is -2.53. The Balaban J connectivity index is 2.46. The fourth-order valence-electron chi connectivity index (χ4n) is 1.98. The highest BCUT2D eigenvalue weighted by Gasteiger charge is 2.14. The number of hydrogen-bond acceptors (Lipinski definition) is 2. The lowest BCUT2D eigenvalue weighted by atomic mass is 9.91. The average molecular weight is 235 g/mol. The Morgan fingerprint density at radius 1 is 1.06 bits per heavy atom. The van der Waals surface area contributed by atoms with Crippen LogP contribution in [0, 0.1) is 11.5 Å². The molecule has 0 bridgehead atoms. The highest BCUT2D eigenvalue weighted by atomic mass is 16.5. The second-order valence-electron chi connectivity index (χ2n) is 3.86. The molecule has 1 atom stereocenters. The standard InChI is InChI=1S/C16H13NO/c1-2-14(13-8-4-3-5-9-13)15-10-6-7-11-16(15)18-12-17/h2-11,14H,1H2. The van der Waals surface area contributed by atoms with E-state index in [1.165, 1.54) is 0 Å². The fourth-order valence-corrected chi connectivity index (χ4v) is 1.98. The van der Waals surface area contributed by atoms with Crippen molar-refractivity contribution in [3.8, 4) is 12.0 Å². The minimum Gasteiger partial charge on any atom is -0.388 e. The Morgan fingerprint density at radius 3 is 2.39 bits per heavy atom. The quantitative estimate of drug-likeness (QED) is 0.595. The summed E-state index contributed by atoms with van der Waals surface area (Å²) in [5, 5.41) is 8.67. The predicted octanol–water partition coefficient (Wildman–Crippen LogP) is 3.86. The van der Waals surface area contributed by atoms with Gasteiger partial charge in [0.15, 0.2) is 0 Å². The second kappa shape index (κ2) is 5.70. The molecule has 88 valence electrons. The topological polar surface area (TPSA) is 33.0 Å². The first kappa shape index (κ1) is 11.9. The van der Waals surface area contributed by atoms with E-state index in [0.29, 0.717) is 5.75 Å². The third-order valence-electron chi connectivity index (χ3n) is 2.80. The van der Waals surface area contributed by atoms with Crippen molar-refractivity contribution in [2.24, 2.45) is 0 Å². The first-order chi connectivity index (χ1) is 8.86. The van der Waals surface area contributed by atoms with Crippen molar-refractivity contribution >= 4 is 0 Å². The minimum absolute atomic E-state index is 0.0238. The number of benzene rings is 2. The molecular weight excluding hydrogens is 222 g/mol. The molecule has 0 fully saturated rings. The van der Waals surface area contributed by atoms with Crippen LogP contribution < -0.4 is 4.74 Å². The largest absolute Gasteiger partial charge is 0.388 e. The Kier molecular flexibility index (Phi) is 3.78. The van der Waals surface area contributed by atoms with Crippen LogP contribution in [0.5, 0.6) is 5.75 Å². The van der Waals surface area contributed by atoms with Crippen LogP contribution in [0.4, 0.5) is 0 Å². The van der Waals surface area contributed by atoms with Gasteiger partial charge in [-0.05, 0) is 11.6 Å². The van der Waals surface area contributed by atoms with Gasteiger partial charge in [0.05, 0.1) is 0 Å². The maximum absolute atomic E-state index is 8.67. The third kappa shape index (κ3) is 2.41. The molecule has 0 saturated heterocycles. The number of para-hydroxylation sites is 1. The zero-order valence-corrected chi connectivity index (χ0v) is 9.91. The number of rotatable bonds is 4. The highest BCUT2D eigenvalue weighted by Crippen LogP contribution is 2.32. The maximum Gasteiger partial charge on any atom is 0.292 e. The molecular formula is C16H13NO. The molecule has 0 amide bonds. The van der Waals surface area contributed by atoms with E-state index in [4.69, 9.17) is 10.00 Å². The first-order valence-corrected chi connectivity index (χ1v) is 5.69. The molecule has 18 heavy (non-hydrogen) atoms. The van der Waals surface area contributed by atoms with E-state index >= 15 is 0 Å². The summed E-state index contributed by atoms with van der Waals surface area (Å²) in [4.78, 5) is 0. The Morgan fingerprint density at radius 2 is 1.72 bits per heavy atom. The fraction of sp³-hybridized carbons (Fsp3) is 0.0625. The van der Waals surface area contributed by atoms with Crippen LogP contribution in [0.3, 0.4) is 0 Å². The lowest BCUT2D eigenvalue weighted by Gasteiger charge is -2.15. The van der Waals surface area contributed by atoms with Crippen molar-refractivity contribution in [3.05, 3.63) is 78.4 Å². The molecule has 2 nitrogen and oxygen atoms in total. The van der Waals surface area contributed by atoms with Crippen LogP contribution in [0.1, 0.15) is 17.0 Å². The van der Waals surface area contributed by atoms with Crippen molar-refractivity contribution in [1.29, 1.82) is 5.26 Å². The van der Waals surface area contributed by atoms with E-state index in [1.807, 2.05) is 54.6 Å². The number of nitrogens with zero attached hydrogens (tertiary/aromatic N) is 1. The number of nitriles is 1. The van der Waals surface area contributed by atoms with E-state index in [-0.39, 0.29) is 5.92 Å². The van der Waals surface area contributed by atoms with Crippen molar-refractivity contribution in [2.75, 3.05) is 0 Å². The molecule has 2 aromatic rings. The van der Waals surface area contributed by atoms with E-state index < -0.39 is 0 Å². The summed E-state index contributed by atoms with van der Waals surface area (Å²) in [5.41, 5.74) is 2.07. The van der Waals surface area contributed by atoms with E-state index in [9.17, 15) is 0 Å². The van der Waals surface area contributed by atoms with Gasteiger partial charge in [-0.15, -0.1) is 11.8 Å². The summed E-state index contributed by atoms with van der Waals surface area (Å²) in [6, 6.07) is 17.5. The normalized spacial score (nSPS) is 11.3. The molecule has 0 saturated carbocycles. The van der Waals surface area contributed by atoms with Gasteiger partial charge in [0.25, 0.3) is 6.26 Å². The van der Waals surface area contributed by atoms with Crippen molar-refractivity contribution in [3.63, 3.8) is 0 Å². The zero-order valence-electron chi connectivity index (χ0n) is 9.91. The summed E-state index contributed by atoms with van der Waals surface area (Å²) in [5.74, 6) is 0.601. The van der Waals surface area contributed by atoms with Crippen LogP contribution in [-0.2, 0) is 0 Å². The van der Waals surface area contributed by atoms with Crippen LogP contribution in [-0.4, -0.2) is 0 Å². The van der Waals surface area contributed by atoms with Crippen molar-refractivity contribution in [1.82, 2.24) is 0 Å². The highest BCUT2D eigenvalue weighted by molar-refractivity contribution is 5.45. The summed E-state index contributed by atoms with van der Waals surface area (Å²) >= 11 is 0. The van der Waals surface area contributed by atoms with Gasteiger partial charge in [0, 0.05) is 11.5 Å². The van der Waals surface area contributed by atoms with Gasteiger partial charge in [-0.3, -0.25) is 0 Å². The number of ether oxygens (including phenoxy) is 1. The smallest absolute Gasteiger partial charge is 0.292 e. The van der Waals surface area contributed by atoms with E-state index in [2.05, 4.69) is 6.58 Å². The molecule has 2 rings (SSSR count). The molecule has 0 aliphatic carbocycles. The minimum atomic E-state index is 0.0238. The summed E-state index contributed by atoms with van der Waals surface area (Å²) < 4.78 is 5.00. The third-order valence-corrected chi connectivity index (χ3v) is 2.80. The van der Waals surface area contributed by atoms with Crippen LogP contribution >= 0.6 is 0 Å².